The summed E-state index contributed by atoms with van der Waals surface area (Å²) in [5.74, 6) is 0. The summed E-state index contributed by atoms with van der Waals surface area (Å²) in [6, 6.07) is 12.9. The van der Waals surface area contributed by atoms with Gasteiger partial charge in [-0.3, -0.25) is 0 Å². The summed E-state index contributed by atoms with van der Waals surface area (Å²) in [6.45, 7) is 1.98. The van der Waals surface area contributed by atoms with Crippen molar-refractivity contribution in [3.05, 3.63) is 74.7 Å². The molecule has 3 aromatic rings. The highest BCUT2D eigenvalue weighted by molar-refractivity contribution is 8.00. The normalized spacial score (nSPS) is 12.2. The summed E-state index contributed by atoms with van der Waals surface area (Å²) >= 11 is 14.9. The van der Waals surface area contributed by atoms with E-state index in [9.17, 15) is 5.11 Å². The Morgan fingerprint density at radius 3 is 2.67 bits per heavy atom. The maximum absolute atomic E-state index is 10.4. The van der Waals surface area contributed by atoms with Crippen molar-refractivity contribution in [1.82, 2.24) is 4.98 Å². The minimum Gasteiger partial charge on any atom is -0.382 e. The molecule has 1 atom stereocenters. The smallest absolute Gasteiger partial charge is 0.193 e. The molecule has 0 aliphatic carbocycles. The van der Waals surface area contributed by atoms with E-state index in [0.29, 0.717) is 10.7 Å². The van der Waals surface area contributed by atoms with Crippen molar-refractivity contribution in [2.24, 2.45) is 0 Å². The van der Waals surface area contributed by atoms with Gasteiger partial charge in [0.1, 0.15) is 6.10 Å². The lowest BCUT2D eigenvalue weighted by atomic mass is 10.1. The predicted molar refractivity (Wildman–Crippen MR) is 103 cm³/mol. The number of aliphatic hydroxyl groups excluding tert-OH is 1. The zero-order valence-electron chi connectivity index (χ0n) is 12.7. The fourth-order valence-corrected chi connectivity index (χ4v) is 3.97. The minimum atomic E-state index is -0.771. The molecule has 0 saturated carbocycles. The van der Waals surface area contributed by atoms with Gasteiger partial charge in [-0.15, -0.1) is 11.3 Å². The molecule has 0 aliphatic heterocycles. The molecule has 3 rings (SSSR count). The monoisotopic (exact) mass is 396 g/mol. The average molecular weight is 397 g/mol. The van der Waals surface area contributed by atoms with Crippen molar-refractivity contribution < 1.29 is 5.11 Å². The van der Waals surface area contributed by atoms with Crippen LogP contribution in [0.5, 0.6) is 0 Å². The van der Waals surface area contributed by atoms with Crippen LogP contribution in [0.25, 0.3) is 0 Å². The van der Waals surface area contributed by atoms with E-state index in [2.05, 4.69) is 9.71 Å². The Morgan fingerprint density at radius 2 is 1.92 bits per heavy atom. The van der Waals surface area contributed by atoms with Crippen LogP contribution in [0.3, 0.4) is 0 Å². The summed E-state index contributed by atoms with van der Waals surface area (Å²) in [6.07, 6.45) is -0.771. The standard InChI is InChI=1S/C17H14Cl2N2OS2/c1-10-13(19)3-2-4-15(10)24-21-17-20-14(9-23-17)16(22)11-5-7-12(18)8-6-11/h2-9,16,22H,1H3,(H,20,21). The zero-order valence-corrected chi connectivity index (χ0v) is 15.8. The predicted octanol–water partition coefficient (Wildman–Crippen LogP) is 5.96. The van der Waals surface area contributed by atoms with Gasteiger partial charge in [-0.05, 0) is 54.3 Å². The molecule has 3 nitrogen and oxygen atoms in total. The summed E-state index contributed by atoms with van der Waals surface area (Å²) in [4.78, 5) is 5.49. The molecule has 0 amide bonds. The summed E-state index contributed by atoms with van der Waals surface area (Å²) in [5, 5.41) is 14.4. The summed E-state index contributed by atoms with van der Waals surface area (Å²) in [7, 11) is 0. The minimum absolute atomic E-state index is 0.605. The second-order valence-corrected chi connectivity index (χ2v) is 7.65. The molecule has 1 heterocycles. The topological polar surface area (TPSA) is 45.2 Å². The molecule has 0 spiro atoms. The van der Waals surface area contributed by atoms with E-state index in [0.717, 1.165) is 26.2 Å². The number of hydrogen-bond donors (Lipinski definition) is 2. The third-order valence-electron chi connectivity index (χ3n) is 3.45. The van der Waals surface area contributed by atoms with Crippen molar-refractivity contribution in [3.8, 4) is 0 Å². The SMILES string of the molecule is Cc1c(Cl)cccc1SNc1nc(C(O)c2ccc(Cl)cc2)cs1. The van der Waals surface area contributed by atoms with Crippen molar-refractivity contribution in [1.29, 1.82) is 0 Å². The summed E-state index contributed by atoms with van der Waals surface area (Å²) in [5.41, 5.74) is 2.39. The second kappa shape index (κ2) is 7.76. The number of nitrogens with zero attached hydrogens (tertiary/aromatic N) is 1. The van der Waals surface area contributed by atoms with Crippen LogP contribution in [0.1, 0.15) is 22.9 Å². The quantitative estimate of drug-likeness (QED) is 0.522. The van der Waals surface area contributed by atoms with Crippen LogP contribution < -0.4 is 4.72 Å². The molecule has 7 heteroatoms. The Labute approximate surface area is 158 Å². The number of thiazole rings is 1. The number of anilines is 1. The first-order valence-corrected chi connectivity index (χ1v) is 9.56. The van der Waals surface area contributed by atoms with Crippen LogP contribution in [0, 0.1) is 6.92 Å². The average Bonchev–Trinajstić information content (AvgIpc) is 3.05. The molecule has 1 aromatic heterocycles. The van der Waals surface area contributed by atoms with E-state index in [-0.39, 0.29) is 0 Å². The molecule has 0 bridgehead atoms. The van der Waals surface area contributed by atoms with Gasteiger partial charge in [0.25, 0.3) is 0 Å². The Bertz CT molecular complexity index is 837. The highest BCUT2D eigenvalue weighted by Gasteiger charge is 2.14. The maximum atomic E-state index is 10.4. The highest BCUT2D eigenvalue weighted by Crippen LogP contribution is 2.31. The van der Waals surface area contributed by atoms with Gasteiger partial charge >= 0.3 is 0 Å². The molecular formula is C17H14Cl2N2OS2. The van der Waals surface area contributed by atoms with Crippen molar-refractivity contribution in [2.45, 2.75) is 17.9 Å². The van der Waals surface area contributed by atoms with Crippen LogP contribution in [0.4, 0.5) is 5.13 Å². The number of aromatic nitrogens is 1. The number of benzene rings is 2. The lowest BCUT2D eigenvalue weighted by Crippen LogP contribution is -2.00. The van der Waals surface area contributed by atoms with E-state index in [1.54, 1.807) is 24.3 Å². The third kappa shape index (κ3) is 4.05. The van der Waals surface area contributed by atoms with Gasteiger partial charge < -0.3 is 9.83 Å². The first-order chi connectivity index (χ1) is 11.5. The van der Waals surface area contributed by atoms with Gasteiger partial charge in [-0.2, -0.15) is 0 Å². The van der Waals surface area contributed by atoms with Crippen molar-refractivity contribution in [2.75, 3.05) is 4.72 Å². The van der Waals surface area contributed by atoms with E-state index in [1.165, 1.54) is 23.3 Å². The Morgan fingerprint density at radius 1 is 1.17 bits per heavy atom. The van der Waals surface area contributed by atoms with Gasteiger partial charge in [0.15, 0.2) is 5.13 Å². The number of rotatable bonds is 5. The van der Waals surface area contributed by atoms with Gasteiger partial charge in [-0.1, -0.05) is 41.4 Å². The van der Waals surface area contributed by atoms with Crippen LogP contribution in [-0.4, -0.2) is 10.1 Å². The van der Waals surface area contributed by atoms with E-state index in [1.807, 2.05) is 30.5 Å². The lowest BCUT2D eigenvalue weighted by Gasteiger charge is -2.08. The number of hydrogen-bond acceptors (Lipinski definition) is 5. The van der Waals surface area contributed by atoms with Crippen LogP contribution in [0.15, 0.2) is 52.7 Å². The van der Waals surface area contributed by atoms with Crippen molar-refractivity contribution >= 4 is 51.6 Å². The molecule has 24 heavy (non-hydrogen) atoms. The van der Waals surface area contributed by atoms with Gasteiger partial charge in [-0.25, -0.2) is 4.98 Å². The maximum Gasteiger partial charge on any atom is 0.193 e. The third-order valence-corrected chi connectivity index (χ3v) is 5.98. The van der Waals surface area contributed by atoms with Gasteiger partial charge in [0.05, 0.1) is 5.69 Å². The Kier molecular flexibility index (Phi) is 5.69. The Hall–Kier alpha value is -1.24. The molecule has 0 saturated heterocycles. The van der Waals surface area contributed by atoms with Crippen molar-refractivity contribution in [3.63, 3.8) is 0 Å². The Balaban J connectivity index is 1.69. The molecule has 1 unspecified atom stereocenters. The molecular weight excluding hydrogens is 383 g/mol. The number of aliphatic hydroxyl groups is 1. The lowest BCUT2D eigenvalue weighted by molar-refractivity contribution is 0.216. The van der Waals surface area contributed by atoms with E-state index < -0.39 is 6.10 Å². The fraction of sp³-hybridized carbons (Fsp3) is 0.118. The highest BCUT2D eigenvalue weighted by atomic mass is 35.5. The molecule has 2 N–H and O–H groups in total. The van der Waals surface area contributed by atoms with Crippen LogP contribution in [-0.2, 0) is 0 Å². The fourth-order valence-electron chi connectivity index (χ4n) is 2.07. The molecule has 0 aliphatic rings. The van der Waals surface area contributed by atoms with Gasteiger partial charge in [0, 0.05) is 20.3 Å². The van der Waals surface area contributed by atoms with Crippen LogP contribution >= 0.6 is 46.5 Å². The molecule has 0 fully saturated rings. The first-order valence-electron chi connectivity index (χ1n) is 7.11. The number of nitrogens with one attached hydrogen (secondary N) is 1. The molecule has 2 aromatic carbocycles. The summed E-state index contributed by atoms with van der Waals surface area (Å²) < 4.78 is 3.20. The van der Waals surface area contributed by atoms with E-state index >= 15 is 0 Å². The number of halogens is 2. The zero-order chi connectivity index (χ0) is 17.1. The largest absolute Gasteiger partial charge is 0.382 e. The molecule has 0 radical (unpaired) electrons. The van der Waals surface area contributed by atoms with Gasteiger partial charge in [0.2, 0.25) is 0 Å². The van der Waals surface area contributed by atoms with E-state index in [4.69, 9.17) is 23.2 Å². The van der Waals surface area contributed by atoms with Crippen LogP contribution in [0.2, 0.25) is 10.0 Å². The first kappa shape index (κ1) is 17.6. The molecule has 124 valence electrons. The second-order valence-electron chi connectivity index (χ2n) is 5.10.